The van der Waals surface area contributed by atoms with E-state index >= 15 is 0 Å². The molecule has 1 aliphatic rings. The average Bonchev–Trinajstić information content (AvgIpc) is 2.61. The summed E-state index contributed by atoms with van der Waals surface area (Å²) < 4.78 is 15.2. The SMILES string of the molecule is Cn1c(CC2(CN)CCC2)nc2ccc(F)cc21. The summed E-state index contributed by atoms with van der Waals surface area (Å²) in [6.07, 6.45) is 4.52. The zero-order valence-electron chi connectivity index (χ0n) is 10.6. The van der Waals surface area contributed by atoms with E-state index in [9.17, 15) is 4.39 Å². The summed E-state index contributed by atoms with van der Waals surface area (Å²) >= 11 is 0. The molecule has 1 heterocycles. The highest BCUT2D eigenvalue weighted by atomic mass is 19.1. The third-order valence-electron chi connectivity index (χ3n) is 4.32. The van der Waals surface area contributed by atoms with Crippen LogP contribution >= 0.6 is 0 Å². The molecule has 0 aliphatic heterocycles. The second-order valence-corrected chi connectivity index (χ2v) is 5.45. The van der Waals surface area contributed by atoms with Crippen molar-refractivity contribution >= 4 is 11.0 Å². The fraction of sp³-hybridized carbons (Fsp3) is 0.500. The zero-order chi connectivity index (χ0) is 12.8. The Morgan fingerprint density at radius 2 is 2.22 bits per heavy atom. The molecule has 0 bridgehead atoms. The van der Waals surface area contributed by atoms with E-state index < -0.39 is 0 Å². The number of rotatable bonds is 3. The van der Waals surface area contributed by atoms with Gasteiger partial charge < -0.3 is 10.3 Å². The predicted molar refractivity (Wildman–Crippen MR) is 69.7 cm³/mol. The van der Waals surface area contributed by atoms with Gasteiger partial charge >= 0.3 is 0 Å². The topological polar surface area (TPSA) is 43.8 Å². The minimum Gasteiger partial charge on any atom is -0.331 e. The van der Waals surface area contributed by atoms with Crippen LogP contribution in [0.5, 0.6) is 0 Å². The molecule has 2 N–H and O–H groups in total. The molecule has 18 heavy (non-hydrogen) atoms. The van der Waals surface area contributed by atoms with Crippen LogP contribution in [0.25, 0.3) is 11.0 Å². The van der Waals surface area contributed by atoms with Crippen molar-refractivity contribution in [2.45, 2.75) is 25.7 Å². The Morgan fingerprint density at radius 3 is 2.83 bits per heavy atom. The zero-order valence-corrected chi connectivity index (χ0v) is 10.6. The molecule has 0 spiro atoms. The van der Waals surface area contributed by atoms with Gasteiger partial charge in [0.05, 0.1) is 11.0 Å². The number of imidazole rings is 1. The maximum Gasteiger partial charge on any atom is 0.125 e. The average molecular weight is 247 g/mol. The second kappa shape index (κ2) is 4.05. The maximum atomic E-state index is 13.2. The molecular formula is C14H18FN3. The summed E-state index contributed by atoms with van der Waals surface area (Å²) in [7, 11) is 1.95. The molecule has 4 heteroatoms. The van der Waals surface area contributed by atoms with Gasteiger partial charge in [0.25, 0.3) is 0 Å². The van der Waals surface area contributed by atoms with Crippen molar-refractivity contribution in [1.82, 2.24) is 9.55 Å². The minimum atomic E-state index is -0.214. The lowest BCUT2D eigenvalue weighted by Gasteiger charge is -2.40. The van der Waals surface area contributed by atoms with Crippen molar-refractivity contribution in [2.75, 3.05) is 6.54 Å². The van der Waals surface area contributed by atoms with E-state index in [0.717, 1.165) is 23.3 Å². The van der Waals surface area contributed by atoms with Crippen LogP contribution in [0.15, 0.2) is 18.2 Å². The van der Waals surface area contributed by atoms with Crippen LogP contribution in [-0.2, 0) is 13.5 Å². The lowest BCUT2D eigenvalue weighted by molar-refractivity contribution is 0.140. The summed E-state index contributed by atoms with van der Waals surface area (Å²) in [5.41, 5.74) is 7.84. The Kier molecular flexibility index (Phi) is 2.63. The maximum absolute atomic E-state index is 13.2. The van der Waals surface area contributed by atoms with Gasteiger partial charge in [-0.1, -0.05) is 6.42 Å². The molecular weight excluding hydrogens is 229 g/mol. The fourth-order valence-corrected chi connectivity index (χ4v) is 2.84. The Hall–Kier alpha value is -1.42. The Morgan fingerprint density at radius 1 is 1.44 bits per heavy atom. The van der Waals surface area contributed by atoms with Gasteiger partial charge in [0.15, 0.2) is 0 Å². The number of benzene rings is 1. The van der Waals surface area contributed by atoms with Gasteiger partial charge in [0, 0.05) is 13.5 Å². The first-order valence-electron chi connectivity index (χ1n) is 6.44. The van der Waals surface area contributed by atoms with Crippen LogP contribution in [0, 0.1) is 11.2 Å². The van der Waals surface area contributed by atoms with Crippen LogP contribution < -0.4 is 5.73 Å². The summed E-state index contributed by atoms with van der Waals surface area (Å²) in [5, 5.41) is 0. The first-order chi connectivity index (χ1) is 8.63. The third kappa shape index (κ3) is 1.72. The summed E-state index contributed by atoms with van der Waals surface area (Å²) in [4.78, 5) is 4.61. The van der Waals surface area contributed by atoms with Crippen LogP contribution in [0.2, 0.25) is 0 Å². The van der Waals surface area contributed by atoms with Crippen LogP contribution in [-0.4, -0.2) is 16.1 Å². The molecule has 0 amide bonds. The molecule has 2 aromatic rings. The van der Waals surface area contributed by atoms with Crippen LogP contribution in [0.1, 0.15) is 25.1 Å². The van der Waals surface area contributed by atoms with E-state index in [4.69, 9.17) is 5.73 Å². The van der Waals surface area contributed by atoms with Crippen molar-refractivity contribution in [2.24, 2.45) is 18.2 Å². The standard InChI is InChI=1S/C14H18FN3/c1-18-12-7-10(15)3-4-11(12)17-13(18)8-14(9-16)5-2-6-14/h3-4,7H,2,5-6,8-9,16H2,1H3. The van der Waals surface area contributed by atoms with Gasteiger partial charge in [0.2, 0.25) is 0 Å². The predicted octanol–water partition coefficient (Wildman–Crippen LogP) is 2.38. The third-order valence-corrected chi connectivity index (χ3v) is 4.32. The van der Waals surface area contributed by atoms with Gasteiger partial charge in [-0.25, -0.2) is 9.37 Å². The Labute approximate surface area is 106 Å². The lowest BCUT2D eigenvalue weighted by atomic mass is 9.66. The molecule has 0 atom stereocenters. The summed E-state index contributed by atoms with van der Waals surface area (Å²) in [5.74, 6) is 0.801. The fourth-order valence-electron chi connectivity index (χ4n) is 2.84. The van der Waals surface area contributed by atoms with Crippen molar-refractivity contribution in [3.8, 4) is 0 Å². The number of aromatic nitrogens is 2. The smallest absolute Gasteiger partial charge is 0.125 e. The second-order valence-electron chi connectivity index (χ2n) is 5.45. The van der Waals surface area contributed by atoms with Crippen molar-refractivity contribution in [1.29, 1.82) is 0 Å². The number of aryl methyl sites for hydroxylation is 1. The molecule has 0 radical (unpaired) electrons. The molecule has 3 nitrogen and oxygen atoms in total. The number of halogens is 1. The minimum absolute atomic E-state index is 0.214. The Balaban J connectivity index is 1.99. The first kappa shape index (κ1) is 11.7. The molecule has 1 aromatic carbocycles. The lowest BCUT2D eigenvalue weighted by Crippen LogP contribution is -2.39. The van der Waals surface area contributed by atoms with Crippen LogP contribution in [0.3, 0.4) is 0 Å². The first-order valence-corrected chi connectivity index (χ1v) is 6.44. The van der Waals surface area contributed by atoms with Gasteiger partial charge in [0.1, 0.15) is 11.6 Å². The van der Waals surface area contributed by atoms with E-state index in [2.05, 4.69) is 4.98 Å². The molecule has 0 saturated heterocycles. The van der Waals surface area contributed by atoms with Crippen molar-refractivity contribution in [3.05, 3.63) is 29.8 Å². The molecule has 1 fully saturated rings. The van der Waals surface area contributed by atoms with E-state index in [0.29, 0.717) is 6.54 Å². The van der Waals surface area contributed by atoms with E-state index in [-0.39, 0.29) is 11.2 Å². The van der Waals surface area contributed by atoms with Crippen molar-refractivity contribution < 1.29 is 4.39 Å². The highest BCUT2D eigenvalue weighted by Crippen LogP contribution is 2.42. The van der Waals surface area contributed by atoms with E-state index in [1.54, 1.807) is 12.1 Å². The monoisotopic (exact) mass is 247 g/mol. The molecule has 0 unspecified atom stereocenters. The Bertz CT molecular complexity index is 578. The molecule has 96 valence electrons. The molecule has 3 rings (SSSR count). The number of nitrogens with zero attached hydrogens (tertiary/aromatic N) is 2. The number of hydrogen-bond acceptors (Lipinski definition) is 2. The van der Waals surface area contributed by atoms with Gasteiger partial charge in [-0.3, -0.25) is 0 Å². The molecule has 1 aromatic heterocycles. The normalized spacial score (nSPS) is 17.9. The molecule has 1 aliphatic carbocycles. The summed E-state index contributed by atoms with van der Waals surface area (Å²) in [6.45, 7) is 0.713. The quantitative estimate of drug-likeness (QED) is 0.905. The highest BCUT2D eigenvalue weighted by Gasteiger charge is 2.36. The highest BCUT2D eigenvalue weighted by molar-refractivity contribution is 5.75. The largest absolute Gasteiger partial charge is 0.331 e. The van der Waals surface area contributed by atoms with E-state index in [1.165, 1.54) is 25.3 Å². The van der Waals surface area contributed by atoms with Gasteiger partial charge in [-0.15, -0.1) is 0 Å². The number of nitrogens with two attached hydrogens (primary N) is 1. The van der Waals surface area contributed by atoms with E-state index in [1.807, 2.05) is 11.6 Å². The van der Waals surface area contributed by atoms with Gasteiger partial charge in [-0.05, 0) is 43.0 Å². The van der Waals surface area contributed by atoms with Gasteiger partial charge in [-0.2, -0.15) is 0 Å². The summed E-state index contributed by atoms with van der Waals surface area (Å²) in [6, 6.07) is 4.74. The molecule has 1 saturated carbocycles. The van der Waals surface area contributed by atoms with Crippen molar-refractivity contribution in [3.63, 3.8) is 0 Å². The van der Waals surface area contributed by atoms with Crippen LogP contribution in [0.4, 0.5) is 4.39 Å². The number of hydrogen-bond donors (Lipinski definition) is 1. The number of fused-ring (bicyclic) bond motifs is 1.